The van der Waals surface area contributed by atoms with E-state index in [-0.39, 0.29) is 23.5 Å². The van der Waals surface area contributed by atoms with E-state index < -0.39 is 20.2 Å². The average molecular weight is 550 g/mol. The Morgan fingerprint density at radius 2 is 1.62 bits per heavy atom. The summed E-state index contributed by atoms with van der Waals surface area (Å²) >= 11 is 0. The third kappa shape index (κ3) is 7.50. The van der Waals surface area contributed by atoms with Gasteiger partial charge in [-0.15, -0.1) is 0 Å². The van der Waals surface area contributed by atoms with Gasteiger partial charge < -0.3 is 4.90 Å². The molecule has 0 bridgehead atoms. The SMILES string of the molecule is CCN(CCS(=O)(=O)O)c1ccc(C=CC2=[N+](CCCCS(=O)(=O)O)c3ccccc3C2(C)C)c(C)c1. The first kappa shape index (κ1) is 29.0. The standard InChI is InChI=1S/C27H36N2O6S2/c1-5-28(17-19-37(33,34)35)23-14-12-22(21(2)20-23)13-15-26-27(3,4)24-10-6-7-11-25(24)29(26)16-8-9-18-36(30,31)32/h6-7,10-15,20H,5,8-9,16-19H2,1-4H3,(H-,30,31,32,33,34,35)/p+1. The van der Waals surface area contributed by atoms with Crippen LogP contribution < -0.4 is 4.90 Å². The molecule has 1 aliphatic heterocycles. The van der Waals surface area contributed by atoms with Gasteiger partial charge in [0.25, 0.3) is 20.2 Å². The number of benzene rings is 2. The van der Waals surface area contributed by atoms with Crippen molar-refractivity contribution in [2.75, 3.05) is 36.0 Å². The molecule has 0 radical (unpaired) electrons. The van der Waals surface area contributed by atoms with E-state index in [0.29, 0.717) is 25.9 Å². The largest absolute Gasteiger partial charge is 0.371 e. The topological polar surface area (TPSA) is 115 Å². The Bertz CT molecular complexity index is 1410. The number of para-hydroxylation sites is 1. The van der Waals surface area contributed by atoms with Gasteiger partial charge in [0.2, 0.25) is 5.69 Å². The molecule has 0 saturated heterocycles. The van der Waals surface area contributed by atoms with Crippen molar-refractivity contribution in [3.63, 3.8) is 0 Å². The molecular weight excluding hydrogens is 512 g/mol. The van der Waals surface area contributed by atoms with Crippen LogP contribution in [-0.2, 0) is 25.7 Å². The van der Waals surface area contributed by atoms with Crippen LogP contribution in [0.25, 0.3) is 6.08 Å². The summed E-state index contributed by atoms with van der Waals surface area (Å²) in [6, 6.07) is 14.2. The lowest BCUT2D eigenvalue weighted by atomic mass is 9.81. The normalized spacial score (nSPS) is 15.4. The maximum Gasteiger partial charge on any atom is 0.266 e. The van der Waals surface area contributed by atoms with E-state index >= 15 is 0 Å². The van der Waals surface area contributed by atoms with Crippen LogP contribution in [0, 0.1) is 6.92 Å². The van der Waals surface area contributed by atoms with Gasteiger partial charge >= 0.3 is 0 Å². The molecule has 0 fully saturated rings. The first-order chi connectivity index (χ1) is 17.2. The Morgan fingerprint density at radius 1 is 0.946 bits per heavy atom. The highest BCUT2D eigenvalue weighted by Crippen LogP contribution is 2.40. The smallest absolute Gasteiger partial charge is 0.266 e. The fraction of sp³-hybridized carbons (Fsp3) is 0.444. The lowest BCUT2D eigenvalue weighted by Crippen LogP contribution is -2.29. The molecule has 1 heterocycles. The zero-order valence-electron chi connectivity index (χ0n) is 21.9. The van der Waals surface area contributed by atoms with Crippen LogP contribution in [0.3, 0.4) is 0 Å². The van der Waals surface area contributed by atoms with E-state index in [4.69, 9.17) is 9.11 Å². The summed E-state index contributed by atoms with van der Waals surface area (Å²) in [4.78, 5) is 1.91. The minimum absolute atomic E-state index is 0.209. The Balaban J connectivity index is 1.88. The van der Waals surface area contributed by atoms with E-state index in [2.05, 4.69) is 42.7 Å². The first-order valence-electron chi connectivity index (χ1n) is 12.4. The van der Waals surface area contributed by atoms with Gasteiger partial charge in [-0.3, -0.25) is 9.11 Å². The van der Waals surface area contributed by atoms with E-state index in [1.807, 2.05) is 49.1 Å². The molecule has 0 atom stereocenters. The third-order valence-corrected chi connectivity index (χ3v) is 8.38. The lowest BCUT2D eigenvalue weighted by Gasteiger charge is -2.23. The van der Waals surface area contributed by atoms with Crippen molar-refractivity contribution in [3.05, 3.63) is 65.2 Å². The van der Waals surface area contributed by atoms with E-state index in [0.717, 1.165) is 28.2 Å². The number of aryl methyl sites for hydroxylation is 1. The summed E-state index contributed by atoms with van der Waals surface area (Å²) in [7, 11) is -8.01. The van der Waals surface area contributed by atoms with Crippen LogP contribution in [-0.4, -0.2) is 67.4 Å². The second kappa shape index (κ2) is 11.5. The highest BCUT2D eigenvalue weighted by atomic mass is 32.2. The summed E-state index contributed by atoms with van der Waals surface area (Å²) in [5.74, 6) is -0.572. The summed E-state index contributed by atoms with van der Waals surface area (Å²) in [5.41, 5.74) is 6.11. The van der Waals surface area contributed by atoms with E-state index in [1.165, 1.54) is 5.56 Å². The Labute approximate surface area is 220 Å². The summed E-state index contributed by atoms with van der Waals surface area (Å²) in [6.07, 6.45) is 5.18. The van der Waals surface area contributed by atoms with Crippen molar-refractivity contribution in [1.82, 2.24) is 0 Å². The maximum absolute atomic E-state index is 11.2. The molecular formula is C27H37N2O6S2+. The van der Waals surface area contributed by atoms with E-state index in [9.17, 15) is 16.8 Å². The second-order valence-electron chi connectivity index (χ2n) is 9.91. The number of hydrogen-bond acceptors (Lipinski definition) is 5. The van der Waals surface area contributed by atoms with Crippen molar-refractivity contribution in [3.8, 4) is 0 Å². The van der Waals surface area contributed by atoms with Gasteiger partial charge in [-0.1, -0.05) is 24.3 Å². The van der Waals surface area contributed by atoms with Crippen LogP contribution in [0.4, 0.5) is 11.4 Å². The van der Waals surface area contributed by atoms with Crippen molar-refractivity contribution in [2.24, 2.45) is 0 Å². The molecule has 0 aliphatic carbocycles. The van der Waals surface area contributed by atoms with Gasteiger partial charge in [-0.2, -0.15) is 21.4 Å². The van der Waals surface area contributed by atoms with Crippen LogP contribution in [0.5, 0.6) is 0 Å². The highest BCUT2D eigenvalue weighted by molar-refractivity contribution is 7.86. The highest BCUT2D eigenvalue weighted by Gasteiger charge is 2.43. The summed E-state index contributed by atoms with van der Waals surface area (Å²) in [6.45, 7) is 9.75. The molecule has 37 heavy (non-hydrogen) atoms. The average Bonchev–Trinajstić information content (AvgIpc) is 3.01. The number of nitrogens with zero attached hydrogens (tertiary/aromatic N) is 2. The number of unbranched alkanes of at least 4 members (excludes halogenated alkanes) is 1. The molecule has 2 aromatic rings. The molecule has 8 nitrogen and oxygen atoms in total. The Kier molecular flexibility index (Phi) is 9.00. The van der Waals surface area contributed by atoms with Gasteiger partial charge in [0.15, 0.2) is 5.71 Å². The fourth-order valence-corrected chi connectivity index (χ4v) is 5.86. The molecule has 202 valence electrons. The van der Waals surface area contributed by atoms with Crippen LogP contribution in [0.2, 0.25) is 0 Å². The zero-order chi connectivity index (χ0) is 27.4. The number of hydrogen-bond donors (Lipinski definition) is 2. The minimum Gasteiger partial charge on any atom is -0.371 e. The summed E-state index contributed by atoms with van der Waals surface area (Å²) in [5, 5.41) is 0. The molecule has 0 unspecified atom stereocenters. The molecule has 2 N–H and O–H groups in total. The number of rotatable bonds is 12. The molecule has 0 aromatic heterocycles. The van der Waals surface area contributed by atoms with Crippen molar-refractivity contribution < 1.29 is 30.5 Å². The molecule has 10 heteroatoms. The third-order valence-electron chi connectivity index (χ3n) is 6.87. The molecule has 1 aliphatic rings. The van der Waals surface area contributed by atoms with Crippen LogP contribution >= 0.6 is 0 Å². The maximum atomic E-state index is 11.2. The van der Waals surface area contributed by atoms with Gasteiger partial charge in [0.05, 0.1) is 16.9 Å². The number of anilines is 1. The lowest BCUT2D eigenvalue weighted by molar-refractivity contribution is -0.438. The second-order valence-corrected chi connectivity index (χ2v) is 13.1. The van der Waals surface area contributed by atoms with Gasteiger partial charge in [0.1, 0.15) is 6.54 Å². The van der Waals surface area contributed by atoms with Crippen molar-refractivity contribution >= 4 is 43.4 Å². The van der Waals surface area contributed by atoms with Crippen molar-refractivity contribution in [2.45, 2.75) is 46.0 Å². The first-order valence-corrected chi connectivity index (χ1v) is 15.6. The predicted octanol–water partition coefficient (Wildman–Crippen LogP) is 4.47. The predicted molar refractivity (Wildman–Crippen MR) is 149 cm³/mol. The molecule has 2 aromatic carbocycles. The Morgan fingerprint density at radius 3 is 2.24 bits per heavy atom. The molecule has 3 rings (SSSR count). The van der Waals surface area contributed by atoms with Crippen LogP contribution in [0.1, 0.15) is 50.3 Å². The van der Waals surface area contributed by atoms with Crippen molar-refractivity contribution in [1.29, 1.82) is 0 Å². The van der Waals surface area contributed by atoms with Gasteiger partial charge in [-0.25, -0.2) is 0 Å². The Hall–Kier alpha value is -2.53. The summed E-state index contributed by atoms with van der Waals surface area (Å²) < 4.78 is 65.0. The van der Waals surface area contributed by atoms with Gasteiger partial charge in [-0.05, 0) is 63.5 Å². The minimum atomic E-state index is -4.03. The van der Waals surface area contributed by atoms with Crippen LogP contribution in [0.15, 0.2) is 48.5 Å². The molecule has 0 amide bonds. The zero-order valence-corrected chi connectivity index (χ0v) is 23.5. The number of allylic oxidation sites excluding steroid dienone is 1. The monoisotopic (exact) mass is 549 g/mol. The van der Waals surface area contributed by atoms with Gasteiger partial charge in [0, 0.05) is 42.9 Å². The molecule has 0 saturated carbocycles. The van der Waals surface area contributed by atoms with E-state index in [1.54, 1.807) is 0 Å². The quantitative estimate of drug-likeness (QED) is 0.228. The molecule has 0 spiro atoms. The number of fused-ring (bicyclic) bond motifs is 1. The fourth-order valence-electron chi connectivity index (χ4n) is 4.84.